The van der Waals surface area contributed by atoms with E-state index >= 15 is 0 Å². The maximum Gasteiger partial charge on any atom is 0.193 e. The van der Waals surface area contributed by atoms with Gasteiger partial charge in [0.1, 0.15) is 5.76 Å². The maximum absolute atomic E-state index is 5.54. The summed E-state index contributed by atoms with van der Waals surface area (Å²) in [5.74, 6) is 1.77. The number of anilines is 1. The molecule has 1 aromatic heterocycles. The Bertz CT molecular complexity index is 279. The summed E-state index contributed by atoms with van der Waals surface area (Å²) in [7, 11) is 0. The van der Waals surface area contributed by atoms with Crippen LogP contribution in [0.3, 0.4) is 0 Å². The second-order valence-corrected chi connectivity index (χ2v) is 4.47. The second kappa shape index (κ2) is 4.51. The molecule has 0 aromatic carbocycles. The predicted molar refractivity (Wildman–Crippen MR) is 59.4 cm³/mol. The van der Waals surface area contributed by atoms with E-state index in [9.17, 15) is 0 Å². The van der Waals surface area contributed by atoms with Gasteiger partial charge in [-0.05, 0) is 31.4 Å². The van der Waals surface area contributed by atoms with Crippen molar-refractivity contribution in [1.29, 1.82) is 0 Å². The summed E-state index contributed by atoms with van der Waals surface area (Å²) < 4.78 is 5.41. The highest BCUT2D eigenvalue weighted by Crippen LogP contribution is 2.21. The quantitative estimate of drug-likeness (QED) is 0.760. The Labute approximate surface area is 85.7 Å². The minimum Gasteiger partial charge on any atom is -0.446 e. The molecule has 1 aromatic rings. The zero-order valence-electron chi connectivity index (χ0n) is 9.26. The number of nitrogens with two attached hydrogens (primary N) is 1. The van der Waals surface area contributed by atoms with Gasteiger partial charge in [0.25, 0.3) is 0 Å². The summed E-state index contributed by atoms with van der Waals surface area (Å²) in [6.45, 7) is 7.95. The lowest BCUT2D eigenvalue weighted by molar-refractivity contribution is 0.361. The summed E-state index contributed by atoms with van der Waals surface area (Å²) in [5, 5.41) is 3.27. The fourth-order valence-corrected chi connectivity index (χ4v) is 1.34. The Balaban J connectivity index is 2.40. The maximum atomic E-state index is 5.54. The normalized spacial score (nSPS) is 11.7. The summed E-state index contributed by atoms with van der Waals surface area (Å²) in [4.78, 5) is 0. The Morgan fingerprint density at radius 3 is 2.64 bits per heavy atom. The third-order valence-electron chi connectivity index (χ3n) is 2.30. The van der Waals surface area contributed by atoms with Crippen LogP contribution in [0.25, 0.3) is 0 Å². The molecular formula is C11H20N2O. The summed E-state index contributed by atoms with van der Waals surface area (Å²) in [5.41, 5.74) is 5.75. The van der Waals surface area contributed by atoms with E-state index in [-0.39, 0.29) is 5.41 Å². The molecule has 1 rings (SSSR count). The largest absolute Gasteiger partial charge is 0.446 e. The fraction of sp³-hybridized carbons (Fsp3) is 0.636. The van der Waals surface area contributed by atoms with Gasteiger partial charge in [-0.25, -0.2) is 0 Å². The molecule has 0 atom stereocenters. The van der Waals surface area contributed by atoms with Crippen molar-refractivity contribution < 1.29 is 4.42 Å². The van der Waals surface area contributed by atoms with Gasteiger partial charge in [-0.2, -0.15) is 0 Å². The first-order chi connectivity index (χ1) is 6.53. The Morgan fingerprint density at radius 1 is 1.43 bits per heavy atom. The second-order valence-electron chi connectivity index (χ2n) is 4.47. The lowest BCUT2D eigenvalue weighted by atomic mass is 9.89. The molecule has 80 valence electrons. The molecule has 0 aliphatic heterocycles. The van der Waals surface area contributed by atoms with Crippen molar-refractivity contribution in [3.05, 3.63) is 17.9 Å². The molecule has 3 N–H and O–H groups in total. The van der Waals surface area contributed by atoms with Crippen molar-refractivity contribution in [1.82, 2.24) is 0 Å². The van der Waals surface area contributed by atoms with Crippen LogP contribution < -0.4 is 11.1 Å². The van der Waals surface area contributed by atoms with Crippen LogP contribution >= 0.6 is 0 Å². The van der Waals surface area contributed by atoms with Crippen LogP contribution in [-0.2, 0) is 0 Å². The van der Waals surface area contributed by atoms with Crippen LogP contribution in [0.15, 0.2) is 16.5 Å². The van der Waals surface area contributed by atoms with Gasteiger partial charge in [0.15, 0.2) is 5.88 Å². The molecule has 0 aliphatic rings. The van der Waals surface area contributed by atoms with Gasteiger partial charge in [0, 0.05) is 12.6 Å². The van der Waals surface area contributed by atoms with Crippen LogP contribution in [0.2, 0.25) is 0 Å². The van der Waals surface area contributed by atoms with Gasteiger partial charge >= 0.3 is 0 Å². The van der Waals surface area contributed by atoms with Crippen molar-refractivity contribution in [3.63, 3.8) is 0 Å². The first-order valence-electron chi connectivity index (χ1n) is 5.04. The molecule has 0 saturated carbocycles. The molecule has 14 heavy (non-hydrogen) atoms. The molecule has 0 spiro atoms. The lowest BCUT2D eigenvalue weighted by Gasteiger charge is -2.23. The number of aryl methyl sites for hydroxylation is 1. The zero-order chi connectivity index (χ0) is 10.6. The monoisotopic (exact) mass is 196 g/mol. The summed E-state index contributed by atoms with van der Waals surface area (Å²) in [6.07, 6.45) is 1.01. The molecule has 3 heteroatoms. The van der Waals surface area contributed by atoms with Gasteiger partial charge in [0.05, 0.1) is 0 Å². The molecule has 0 unspecified atom stereocenters. The van der Waals surface area contributed by atoms with Gasteiger partial charge in [-0.15, -0.1) is 0 Å². The lowest BCUT2D eigenvalue weighted by Crippen LogP contribution is -2.25. The smallest absolute Gasteiger partial charge is 0.193 e. The Hall–Kier alpha value is -0.960. The zero-order valence-corrected chi connectivity index (χ0v) is 9.26. The number of rotatable bonds is 5. The highest BCUT2D eigenvalue weighted by Gasteiger charge is 2.16. The van der Waals surface area contributed by atoms with Gasteiger partial charge in [-0.1, -0.05) is 13.8 Å². The van der Waals surface area contributed by atoms with Gasteiger partial charge < -0.3 is 15.5 Å². The van der Waals surface area contributed by atoms with Crippen LogP contribution in [0.5, 0.6) is 0 Å². The third kappa shape index (κ3) is 3.42. The number of furan rings is 1. The van der Waals surface area contributed by atoms with E-state index in [0.717, 1.165) is 31.2 Å². The molecule has 0 aliphatic carbocycles. The van der Waals surface area contributed by atoms with Crippen LogP contribution in [0.4, 0.5) is 5.88 Å². The van der Waals surface area contributed by atoms with Crippen LogP contribution in [0, 0.1) is 12.3 Å². The van der Waals surface area contributed by atoms with Crippen molar-refractivity contribution in [2.45, 2.75) is 27.2 Å². The molecule has 3 nitrogen and oxygen atoms in total. The van der Waals surface area contributed by atoms with E-state index in [4.69, 9.17) is 10.2 Å². The van der Waals surface area contributed by atoms with Crippen LogP contribution in [0.1, 0.15) is 26.0 Å². The Kier molecular flexibility index (Phi) is 3.58. The molecule has 1 heterocycles. The third-order valence-corrected chi connectivity index (χ3v) is 2.30. The highest BCUT2D eigenvalue weighted by atomic mass is 16.4. The number of nitrogens with one attached hydrogen (secondary N) is 1. The van der Waals surface area contributed by atoms with E-state index < -0.39 is 0 Å². The summed E-state index contributed by atoms with van der Waals surface area (Å²) in [6, 6.07) is 3.91. The van der Waals surface area contributed by atoms with E-state index in [1.54, 1.807) is 0 Å². The number of hydrogen-bond acceptors (Lipinski definition) is 3. The first kappa shape index (κ1) is 11.1. The topological polar surface area (TPSA) is 51.2 Å². The molecule has 0 bridgehead atoms. The minimum atomic E-state index is 0.218. The standard InChI is InChI=1S/C11H20N2O/c1-9-4-5-10(14-9)13-8-11(2,3)6-7-12/h4-5,13H,6-8,12H2,1-3H3. The van der Waals surface area contributed by atoms with Gasteiger partial charge in [0.2, 0.25) is 0 Å². The average molecular weight is 196 g/mol. The van der Waals surface area contributed by atoms with E-state index in [0.29, 0.717) is 0 Å². The first-order valence-corrected chi connectivity index (χ1v) is 5.04. The minimum absolute atomic E-state index is 0.218. The predicted octanol–water partition coefficient (Wildman–Crippen LogP) is 2.37. The van der Waals surface area contributed by atoms with E-state index in [1.807, 2.05) is 19.1 Å². The van der Waals surface area contributed by atoms with Crippen molar-refractivity contribution in [2.24, 2.45) is 11.1 Å². The van der Waals surface area contributed by atoms with E-state index in [1.165, 1.54) is 0 Å². The van der Waals surface area contributed by atoms with Gasteiger partial charge in [-0.3, -0.25) is 0 Å². The summed E-state index contributed by atoms with van der Waals surface area (Å²) >= 11 is 0. The van der Waals surface area contributed by atoms with Crippen LogP contribution in [-0.4, -0.2) is 13.1 Å². The fourth-order valence-electron chi connectivity index (χ4n) is 1.34. The molecular weight excluding hydrogens is 176 g/mol. The van der Waals surface area contributed by atoms with E-state index in [2.05, 4.69) is 19.2 Å². The Morgan fingerprint density at radius 2 is 2.14 bits per heavy atom. The highest BCUT2D eigenvalue weighted by molar-refractivity contribution is 5.32. The van der Waals surface area contributed by atoms with Crippen molar-refractivity contribution >= 4 is 5.88 Å². The molecule has 0 amide bonds. The SMILES string of the molecule is Cc1ccc(NCC(C)(C)CCN)o1. The van der Waals surface area contributed by atoms with Crippen molar-refractivity contribution in [3.8, 4) is 0 Å². The number of hydrogen-bond donors (Lipinski definition) is 2. The average Bonchev–Trinajstić information content (AvgIpc) is 2.48. The molecule has 0 radical (unpaired) electrons. The van der Waals surface area contributed by atoms with Crippen molar-refractivity contribution in [2.75, 3.05) is 18.4 Å². The molecule has 0 fully saturated rings. The molecule has 0 saturated heterocycles.